The van der Waals surface area contributed by atoms with Crippen LogP contribution in [-0.2, 0) is 52.2 Å². The van der Waals surface area contributed by atoms with Crippen LogP contribution in [0.5, 0.6) is 0 Å². The number of aromatic nitrogens is 2. The molecule has 3 fully saturated rings. The number of fused-ring (bicyclic) bond motifs is 2. The zero-order chi connectivity index (χ0) is 26.0. The van der Waals surface area contributed by atoms with E-state index in [1.807, 2.05) is 17.1 Å². The van der Waals surface area contributed by atoms with Gasteiger partial charge in [-0.2, -0.15) is 18.3 Å². The van der Waals surface area contributed by atoms with E-state index >= 15 is 0 Å². The van der Waals surface area contributed by atoms with Crippen molar-refractivity contribution in [2.45, 2.75) is 95.5 Å². The lowest BCUT2D eigenvalue weighted by atomic mass is 9.67. The number of esters is 1. The van der Waals surface area contributed by atoms with Crippen LogP contribution < -0.4 is 0 Å². The van der Waals surface area contributed by atoms with Gasteiger partial charge in [-0.05, 0) is 44.6 Å². The molecule has 2 saturated heterocycles. The van der Waals surface area contributed by atoms with E-state index in [-0.39, 0.29) is 29.1 Å². The molecule has 1 unspecified atom stereocenters. The third-order valence-corrected chi connectivity index (χ3v) is 10.3. The van der Waals surface area contributed by atoms with Crippen molar-refractivity contribution in [1.82, 2.24) is 14.7 Å². The van der Waals surface area contributed by atoms with Crippen molar-refractivity contribution in [1.29, 1.82) is 0 Å². The van der Waals surface area contributed by atoms with Crippen LogP contribution in [0.25, 0.3) is 0 Å². The van der Waals surface area contributed by atoms with Crippen molar-refractivity contribution < 1.29 is 32.5 Å². The number of thiophene rings is 1. The number of hydrogen-bond acceptors (Lipinski definition) is 7. The van der Waals surface area contributed by atoms with Gasteiger partial charge in [0.05, 0.1) is 31.4 Å². The molecule has 2 aromatic heterocycles. The van der Waals surface area contributed by atoms with Crippen molar-refractivity contribution in [3.8, 4) is 0 Å². The van der Waals surface area contributed by atoms with Gasteiger partial charge >= 0.3 is 12.1 Å². The average molecular weight is 540 g/mol. The Kier molecular flexibility index (Phi) is 6.21. The highest BCUT2D eigenvalue weighted by atomic mass is 32.1. The molecule has 3 aliphatic heterocycles. The molecule has 0 bridgehead atoms. The van der Waals surface area contributed by atoms with Crippen LogP contribution in [-0.4, -0.2) is 51.1 Å². The Morgan fingerprint density at radius 3 is 2.73 bits per heavy atom. The maximum atomic E-state index is 13.7. The van der Waals surface area contributed by atoms with Crippen molar-refractivity contribution in [3.63, 3.8) is 0 Å². The number of aliphatic hydroxyl groups is 1. The summed E-state index contributed by atoms with van der Waals surface area (Å²) in [5, 5.41) is 14.2. The molecular weight excluding hydrogens is 507 g/mol. The summed E-state index contributed by atoms with van der Waals surface area (Å²) in [6, 6.07) is 0.0892. The molecule has 4 aliphatic rings. The molecule has 1 N–H and O–H groups in total. The lowest BCUT2D eigenvalue weighted by molar-refractivity contribution is -0.152. The number of ether oxygens (including phenoxy) is 2. The van der Waals surface area contributed by atoms with Crippen LogP contribution >= 0.6 is 11.3 Å². The van der Waals surface area contributed by atoms with Gasteiger partial charge in [0.1, 0.15) is 16.6 Å². The quantitative estimate of drug-likeness (QED) is 0.568. The Balaban J connectivity index is 1.12. The number of carbonyl (C=O) groups excluding carboxylic acids is 1. The fourth-order valence-corrected chi connectivity index (χ4v) is 8.16. The van der Waals surface area contributed by atoms with Gasteiger partial charge in [-0.25, -0.2) is 0 Å². The Morgan fingerprint density at radius 1 is 1.27 bits per heavy atom. The van der Waals surface area contributed by atoms with Gasteiger partial charge in [-0.1, -0.05) is 6.42 Å². The minimum Gasteiger partial charge on any atom is -0.460 e. The molecule has 202 valence electrons. The molecule has 2 spiro atoms. The number of alkyl halides is 3. The largest absolute Gasteiger partial charge is 0.460 e. The molecule has 2 aromatic rings. The zero-order valence-corrected chi connectivity index (χ0v) is 21.7. The second-order valence-corrected chi connectivity index (χ2v) is 12.2. The van der Waals surface area contributed by atoms with Crippen LogP contribution in [0.1, 0.15) is 71.9 Å². The average Bonchev–Trinajstić information content (AvgIpc) is 3.51. The highest BCUT2D eigenvalue weighted by molar-refractivity contribution is 7.12. The molecule has 7 nitrogen and oxygen atoms in total. The van der Waals surface area contributed by atoms with E-state index in [0.29, 0.717) is 55.9 Å². The van der Waals surface area contributed by atoms with Gasteiger partial charge in [0.25, 0.3) is 0 Å². The number of halogens is 3. The Morgan fingerprint density at radius 2 is 2.08 bits per heavy atom. The summed E-state index contributed by atoms with van der Waals surface area (Å²) in [7, 11) is 0. The lowest BCUT2D eigenvalue weighted by Crippen LogP contribution is -2.50. The highest BCUT2D eigenvalue weighted by Gasteiger charge is 2.53. The van der Waals surface area contributed by atoms with Crippen molar-refractivity contribution >= 4 is 17.3 Å². The van der Waals surface area contributed by atoms with Crippen LogP contribution in [0, 0.1) is 5.41 Å². The van der Waals surface area contributed by atoms with Gasteiger partial charge in [0, 0.05) is 47.8 Å². The van der Waals surface area contributed by atoms with Gasteiger partial charge in [-0.15, -0.1) is 11.3 Å². The lowest BCUT2D eigenvalue weighted by Gasteiger charge is -2.47. The molecule has 0 radical (unpaired) electrons. The van der Waals surface area contributed by atoms with Crippen molar-refractivity contribution in [2.75, 3.05) is 13.2 Å². The predicted molar refractivity (Wildman–Crippen MR) is 129 cm³/mol. The number of piperidine rings is 1. The molecule has 0 amide bonds. The van der Waals surface area contributed by atoms with E-state index in [0.717, 1.165) is 42.6 Å². The first-order chi connectivity index (χ1) is 17.6. The van der Waals surface area contributed by atoms with Crippen molar-refractivity contribution in [2.24, 2.45) is 5.41 Å². The minimum absolute atomic E-state index is 0.0221. The van der Waals surface area contributed by atoms with E-state index in [1.165, 1.54) is 0 Å². The highest BCUT2D eigenvalue weighted by Crippen LogP contribution is 2.52. The topological polar surface area (TPSA) is 76.8 Å². The van der Waals surface area contributed by atoms with Gasteiger partial charge in [0.15, 0.2) is 0 Å². The third-order valence-electron chi connectivity index (χ3n) is 8.83. The fourth-order valence-electron chi connectivity index (χ4n) is 6.75. The van der Waals surface area contributed by atoms with Crippen LogP contribution in [0.4, 0.5) is 13.2 Å². The fraction of sp³-hybridized carbons (Fsp3) is 0.692. The summed E-state index contributed by atoms with van der Waals surface area (Å²) < 4.78 is 54.7. The molecule has 3 atom stereocenters. The molecule has 6 rings (SSSR count). The van der Waals surface area contributed by atoms with E-state index in [9.17, 15) is 23.1 Å². The summed E-state index contributed by atoms with van der Waals surface area (Å²) in [4.78, 5) is 14.5. The number of hydrogen-bond donors (Lipinski definition) is 1. The summed E-state index contributed by atoms with van der Waals surface area (Å²) in [6.07, 6.45) is 4.52. The second kappa shape index (κ2) is 9.07. The molecule has 1 aliphatic carbocycles. The summed E-state index contributed by atoms with van der Waals surface area (Å²) in [5.41, 5.74) is 0.713. The van der Waals surface area contributed by atoms with Crippen LogP contribution in [0.2, 0.25) is 0 Å². The Bertz CT molecular complexity index is 1190. The standard InChI is InChI=1S/C26H32F3N3O4S/c1-16-9-25(21-19(3-8-35-25)20(15-33)22(37-21)26(27,28)29)6-7-31(16)12-17-11-30-32(13-17)14-18-10-24(4-2-5-24)23(34)36-18/h11,13,16,18,33H,2-10,12,14-15H2,1H3/t16-,18?,25+/m0/s1. The van der Waals surface area contributed by atoms with E-state index in [2.05, 4.69) is 16.9 Å². The SMILES string of the molecule is C[C@H]1C[C@@]2(CCN1Cc1cnn(CC3CC4(CCC4)C(=O)O3)c1)OCCc1c2sc(C(F)(F)F)c1CO. The predicted octanol–water partition coefficient (Wildman–Crippen LogP) is 4.39. The maximum absolute atomic E-state index is 13.7. The summed E-state index contributed by atoms with van der Waals surface area (Å²) in [5.74, 6) is -0.0560. The number of cyclic esters (lactones) is 1. The van der Waals surface area contributed by atoms with Gasteiger partial charge < -0.3 is 14.6 Å². The number of rotatable bonds is 5. The summed E-state index contributed by atoms with van der Waals surface area (Å²) >= 11 is 0.752. The zero-order valence-electron chi connectivity index (χ0n) is 20.9. The van der Waals surface area contributed by atoms with Crippen molar-refractivity contribution in [3.05, 3.63) is 38.8 Å². The number of carbonyl (C=O) groups is 1. The third kappa shape index (κ3) is 4.31. The Labute approximate surface area is 217 Å². The normalized spacial score (nSPS) is 29.5. The second-order valence-electron chi connectivity index (χ2n) is 11.2. The molecule has 5 heterocycles. The smallest absolute Gasteiger partial charge is 0.425 e. The van der Waals surface area contributed by atoms with Gasteiger partial charge in [0.2, 0.25) is 0 Å². The minimum atomic E-state index is -4.48. The first kappa shape index (κ1) is 25.3. The van der Waals surface area contributed by atoms with E-state index < -0.39 is 23.3 Å². The molecule has 0 aromatic carbocycles. The monoisotopic (exact) mass is 539 g/mol. The molecule has 37 heavy (non-hydrogen) atoms. The first-order valence-electron chi connectivity index (χ1n) is 13.1. The molecule has 1 saturated carbocycles. The van der Waals surface area contributed by atoms with Crippen LogP contribution in [0.15, 0.2) is 12.4 Å². The Hall–Kier alpha value is -1.95. The summed E-state index contributed by atoms with van der Waals surface area (Å²) in [6.45, 7) is 3.75. The van der Waals surface area contributed by atoms with E-state index in [1.54, 1.807) is 0 Å². The van der Waals surface area contributed by atoms with E-state index in [4.69, 9.17) is 9.47 Å². The molecule has 11 heteroatoms. The molecular formula is C26H32F3N3O4S. The first-order valence-corrected chi connectivity index (χ1v) is 13.9. The number of aliphatic hydroxyl groups excluding tert-OH is 1. The number of likely N-dealkylation sites (tertiary alicyclic amines) is 1. The number of nitrogens with zero attached hydrogens (tertiary/aromatic N) is 3. The van der Waals surface area contributed by atoms with Gasteiger partial charge in [-0.3, -0.25) is 14.4 Å². The van der Waals surface area contributed by atoms with Crippen LogP contribution in [0.3, 0.4) is 0 Å². The maximum Gasteiger partial charge on any atom is 0.425 e.